The van der Waals surface area contributed by atoms with Gasteiger partial charge in [-0.3, -0.25) is 4.79 Å². The molecule has 0 aliphatic rings. The Balaban J connectivity index is 2.08. The molecule has 114 valence electrons. The highest BCUT2D eigenvalue weighted by atomic mass is 127. The minimum absolute atomic E-state index is 0.0513. The average Bonchev–Trinajstić information content (AvgIpc) is 2.51. The standard InChI is InChI=1S/C15H11F2IN2O2/c1-22-13-6-5-9(7-12(13)18)15(21)20-19-8-10-3-2-4-11(16)14(10)17/h2-8H,1H3,(H,20,21)/b19-8+. The van der Waals surface area contributed by atoms with Crippen molar-refractivity contribution in [2.24, 2.45) is 5.10 Å². The van der Waals surface area contributed by atoms with Crippen LogP contribution in [0.15, 0.2) is 41.5 Å². The fourth-order valence-corrected chi connectivity index (χ4v) is 2.39. The van der Waals surface area contributed by atoms with Crippen LogP contribution >= 0.6 is 22.6 Å². The van der Waals surface area contributed by atoms with Crippen LogP contribution in [0, 0.1) is 15.2 Å². The van der Waals surface area contributed by atoms with Gasteiger partial charge in [-0.05, 0) is 46.9 Å². The lowest BCUT2D eigenvalue weighted by Crippen LogP contribution is -2.17. The summed E-state index contributed by atoms with van der Waals surface area (Å²) in [5, 5.41) is 3.63. The SMILES string of the molecule is COc1ccc(C(=O)N/N=C/c2cccc(F)c2F)cc1I. The van der Waals surface area contributed by atoms with E-state index in [9.17, 15) is 13.6 Å². The number of rotatable bonds is 4. The second-order valence-corrected chi connectivity index (χ2v) is 5.35. The zero-order valence-electron chi connectivity index (χ0n) is 11.4. The first-order valence-electron chi connectivity index (χ1n) is 6.14. The number of hydrogen-bond donors (Lipinski definition) is 1. The second kappa shape index (κ2) is 7.30. The van der Waals surface area contributed by atoms with Crippen molar-refractivity contribution in [2.45, 2.75) is 0 Å². The highest BCUT2D eigenvalue weighted by Crippen LogP contribution is 2.21. The van der Waals surface area contributed by atoms with Gasteiger partial charge in [-0.25, -0.2) is 14.2 Å². The van der Waals surface area contributed by atoms with Crippen LogP contribution in [0.2, 0.25) is 0 Å². The Morgan fingerprint density at radius 1 is 1.32 bits per heavy atom. The van der Waals surface area contributed by atoms with E-state index in [0.29, 0.717) is 11.3 Å². The quantitative estimate of drug-likeness (QED) is 0.473. The van der Waals surface area contributed by atoms with E-state index in [1.165, 1.54) is 19.2 Å². The van der Waals surface area contributed by atoms with E-state index in [4.69, 9.17) is 4.74 Å². The minimum atomic E-state index is -1.01. The first-order chi connectivity index (χ1) is 10.5. The largest absolute Gasteiger partial charge is 0.496 e. The summed E-state index contributed by atoms with van der Waals surface area (Å²) in [4.78, 5) is 11.9. The van der Waals surface area contributed by atoms with Gasteiger partial charge >= 0.3 is 0 Å². The molecule has 2 aromatic carbocycles. The molecule has 4 nitrogen and oxygen atoms in total. The molecule has 0 unspecified atom stereocenters. The fourth-order valence-electron chi connectivity index (χ4n) is 1.65. The zero-order valence-corrected chi connectivity index (χ0v) is 13.6. The Bertz CT molecular complexity index is 735. The number of nitrogens with zero attached hydrogens (tertiary/aromatic N) is 1. The van der Waals surface area contributed by atoms with Gasteiger partial charge in [0.25, 0.3) is 5.91 Å². The summed E-state index contributed by atoms with van der Waals surface area (Å²) in [6.07, 6.45) is 1.05. The third-order valence-electron chi connectivity index (χ3n) is 2.77. The number of nitrogens with one attached hydrogen (secondary N) is 1. The van der Waals surface area contributed by atoms with Crippen LogP contribution in [0.5, 0.6) is 5.75 Å². The lowest BCUT2D eigenvalue weighted by molar-refractivity contribution is 0.0955. The molecule has 0 aliphatic carbocycles. The summed E-state index contributed by atoms with van der Waals surface area (Å²) in [6.45, 7) is 0. The number of amides is 1. The van der Waals surface area contributed by atoms with Gasteiger partial charge in [0.2, 0.25) is 0 Å². The van der Waals surface area contributed by atoms with E-state index in [2.05, 4.69) is 10.5 Å². The first kappa shape index (κ1) is 16.3. The molecular weight excluding hydrogens is 405 g/mol. The van der Waals surface area contributed by atoms with Gasteiger partial charge in [0.15, 0.2) is 11.6 Å². The third-order valence-corrected chi connectivity index (χ3v) is 3.61. The molecule has 2 rings (SSSR count). The van der Waals surface area contributed by atoms with Crippen LogP contribution in [-0.2, 0) is 0 Å². The maximum absolute atomic E-state index is 13.4. The van der Waals surface area contributed by atoms with Crippen LogP contribution < -0.4 is 10.2 Å². The van der Waals surface area contributed by atoms with E-state index in [1.54, 1.807) is 18.2 Å². The maximum Gasteiger partial charge on any atom is 0.271 e. The van der Waals surface area contributed by atoms with Crippen LogP contribution in [0.25, 0.3) is 0 Å². The van der Waals surface area contributed by atoms with Gasteiger partial charge in [-0.15, -0.1) is 0 Å². The summed E-state index contributed by atoms with van der Waals surface area (Å²) >= 11 is 2.04. The highest BCUT2D eigenvalue weighted by Gasteiger charge is 2.08. The molecule has 2 aromatic rings. The molecule has 0 radical (unpaired) electrons. The molecule has 0 atom stereocenters. The van der Waals surface area contributed by atoms with Gasteiger partial charge in [0, 0.05) is 11.1 Å². The van der Waals surface area contributed by atoms with Gasteiger partial charge in [-0.2, -0.15) is 5.10 Å². The summed E-state index contributed by atoms with van der Waals surface area (Å²) in [5.41, 5.74) is 2.58. The number of carbonyl (C=O) groups is 1. The number of hydrazone groups is 1. The Hall–Kier alpha value is -2.03. The molecule has 0 spiro atoms. The Labute approximate surface area is 139 Å². The smallest absolute Gasteiger partial charge is 0.271 e. The summed E-state index contributed by atoms with van der Waals surface area (Å²) < 4.78 is 32.3. The van der Waals surface area contributed by atoms with Gasteiger partial charge in [-0.1, -0.05) is 12.1 Å². The van der Waals surface area contributed by atoms with Crippen molar-refractivity contribution < 1.29 is 18.3 Å². The molecule has 0 saturated heterocycles. The highest BCUT2D eigenvalue weighted by molar-refractivity contribution is 14.1. The van der Waals surface area contributed by atoms with Gasteiger partial charge in [0.05, 0.1) is 16.9 Å². The van der Waals surface area contributed by atoms with Crippen molar-refractivity contribution in [3.05, 3.63) is 62.7 Å². The molecule has 1 amide bonds. The van der Waals surface area contributed by atoms with E-state index < -0.39 is 17.5 Å². The molecule has 22 heavy (non-hydrogen) atoms. The van der Waals surface area contributed by atoms with Crippen molar-refractivity contribution in [3.8, 4) is 5.75 Å². The van der Waals surface area contributed by atoms with E-state index in [-0.39, 0.29) is 5.56 Å². The topological polar surface area (TPSA) is 50.7 Å². The van der Waals surface area contributed by atoms with Crippen molar-refractivity contribution in [1.82, 2.24) is 5.43 Å². The molecule has 0 aromatic heterocycles. The monoisotopic (exact) mass is 416 g/mol. The molecular formula is C15H11F2IN2O2. The van der Waals surface area contributed by atoms with E-state index >= 15 is 0 Å². The number of benzene rings is 2. The number of ether oxygens (including phenoxy) is 1. The molecule has 0 fully saturated rings. The van der Waals surface area contributed by atoms with Crippen molar-refractivity contribution in [2.75, 3.05) is 7.11 Å². The van der Waals surface area contributed by atoms with E-state index in [0.717, 1.165) is 15.9 Å². The van der Waals surface area contributed by atoms with Crippen molar-refractivity contribution in [3.63, 3.8) is 0 Å². The van der Waals surface area contributed by atoms with Crippen LogP contribution in [0.4, 0.5) is 8.78 Å². The molecule has 0 saturated carbocycles. The maximum atomic E-state index is 13.4. The number of methoxy groups -OCH3 is 1. The lowest BCUT2D eigenvalue weighted by Gasteiger charge is -2.05. The summed E-state index contributed by atoms with van der Waals surface area (Å²) in [6, 6.07) is 8.58. The molecule has 0 heterocycles. The Kier molecular flexibility index (Phi) is 5.42. The van der Waals surface area contributed by atoms with Gasteiger partial charge < -0.3 is 4.74 Å². The summed E-state index contributed by atoms with van der Waals surface area (Å²) in [7, 11) is 1.54. The van der Waals surface area contributed by atoms with Crippen LogP contribution in [0.1, 0.15) is 15.9 Å². The Morgan fingerprint density at radius 3 is 2.77 bits per heavy atom. The van der Waals surface area contributed by atoms with Crippen molar-refractivity contribution >= 4 is 34.7 Å². The lowest BCUT2D eigenvalue weighted by atomic mass is 10.2. The third kappa shape index (κ3) is 3.79. The second-order valence-electron chi connectivity index (χ2n) is 4.19. The molecule has 0 bridgehead atoms. The number of hydrogen-bond acceptors (Lipinski definition) is 3. The minimum Gasteiger partial charge on any atom is -0.496 e. The molecule has 1 N–H and O–H groups in total. The summed E-state index contributed by atoms with van der Waals surface area (Å²) in [5.74, 6) is -1.80. The average molecular weight is 416 g/mol. The predicted molar refractivity (Wildman–Crippen MR) is 87.1 cm³/mol. The zero-order chi connectivity index (χ0) is 16.1. The van der Waals surface area contributed by atoms with E-state index in [1.807, 2.05) is 22.6 Å². The molecule has 0 aliphatic heterocycles. The number of halogens is 3. The van der Waals surface area contributed by atoms with Gasteiger partial charge in [0.1, 0.15) is 5.75 Å². The van der Waals surface area contributed by atoms with Crippen LogP contribution in [0.3, 0.4) is 0 Å². The number of carbonyl (C=O) groups excluding carboxylic acids is 1. The molecule has 7 heteroatoms. The Morgan fingerprint density at radius 2 is 2.09 bits per heavy atom. The van der Waals surface area contributed by atoms with Crippen LogP contribution in [-0.4, -0.2) is 19.2 Å². The predicted octanol–water partition coefficient (Wildman–Crippen LogP) is 3.34. The first-order valence-corrected chi connectivity index (χ1v) is 7.21. The van der Waals surface area contributed by atoms with Crippen molar-refractivity contribution in [1.29, 1.82) is 0 Å². The normalized spacial score (nSPS) is 10.7. The fraction of sp³-hybridized carbons (Fsp3) is 0.0667.